The molecule has 1 aliphatic heterocycles. The lowest BCUT2D eigenvalue weighted by Crippen LogP contribution is -2.56. The number of methoxy groups -OCH3 is 1. The van der Waals surface area contributed by atoms with Gasteiger partial charge in [0.2, 0.25) is 0 Å². The molecule has 0 bridgehead atoms. The van der Waals surface area contributed by atoms with Gasteiger partial charge in [0.15, 0.2) is 5.82 Å². The van der Waals surface area contributed by atoms with E-state index in [1.54, 1.807) is 36.3 Å². The highest BCUT2D eigenvalue weighted by molar-refractivity contribution is 5.94. The van der Waals surface area contributed by atoms with Crippen LogP contribution in [-0.4, -0.2) is 47.3 Å². The molecule has 1 aromatic heterocycles. The zero-order valence-corrected chi connectivity index (χ0v) is 16.1. The molecule has 2 aliphatic rings. The fraction of sp³-hybridized carbons (Fsp3) is 0.318. The molecule has 0 unspecified atom stereocenters. The standard InChI is InChI=1S/C22H21N3O4/c1-27-16-10-8-15(9-11-16)22(26)25-12-17(13-25)28-19-5-3-2-4-18(19)21-23-20(24-29-21)14-6-7-14/h2-5,8-11,14,17H,6-7,12-13H2,1H3. The highest BCUT2D eigenvalue weighted by Gasteiger charge is 2.34. The Balaban J connectivity index is 1.23. The lowest BCUT2D eigenvalue weighted by Gasteiger charge is -2.39. The van der Waals surface area contributed by atoms with E-state index in [9.17, 15) is 4.79 Å². The molecule has 29 heavy (non-hydrogen) atoms. The molecule has 1 aliphatic carbocycles. The summed E-state index contributed by atoms with van der Waals surface area (Å²) in [6, 6.07) is 14.8. The number of nitrogens with zero attached hydrogens (tertiary/aromatic N) is 3. The van der Waals surface area contributed by atoms with E-state index in [4.69, 9.17) is 14.0 Å². The molecule has 0 radical (unpaired) electrons. The third-order valence-electron chi connectivity index (χ3n) is 5.27. The van der Waals surface area contributed by atoms with Gasteiger partial charge in [-0.15, -0.1) is 0 Å². The Labute approximate surface area is 168 Å². The van der Waals surface area contributed by atoms with Crippen LogP contribution in [-0.2, 0) is 0 Å². The van der Waals surface area contributed by atoms with Crippen LogP contribution in [0.2, 0.25) is 0 Å². The molecule has 7 nitrogen and oxygen atoms in total. The van der Waals surface area contributed by atoms with E-state index in [0.29, 0.717) is 36.2 Å². The molecular weight excluding hydrogens is 370 g/mol. The van der Waals surface area contributed by atoms with Crippen molar-refractivity contribution in [3.63, 3.8) is 0 Å². The Kier molecular flexibility index (Phi) is 4.42. The summed E-state index contributed by atoms with van der Waals surface area (Å²) in [5.41, 5.74) is 1.43. The number of ether oxygens (including phenoxy) is 2. The minimum absolute atomic E-state index is 0.00763. The number of para-hydroxylation sites is 1. The monoisotopic (exact) mass is 391 g/mol. The molecule has 7 heteroatoms. The maximum absolute atomic E-state index is 12.6. The lowest BCUT2D eigenvalue weighted by atomic mass is 10.1. The van der Waals surface area contributed by atoms with Gasteiger partial charge in [0, 0.05) is 11.5 Å². The van der Waals surface area contributed by atoms with Gasteiger partial charge in [0.1, 0.15) is 17.6 Å². The molecule has 2 heterocycles. The maximum atomic E-state index is 12.6. The average molecular weight is 391 g/mol. The van der Waals surface area contributed by atoms with Crippen molar-refractivity contribution in [3.8, 4) is 23.0 Å². The maximum Gasteiger partial charge on any atom is 0.261 e. The van der Waals surface area contributed by atoms with E-state index in [0.717, 1.165) is 30.0 Å². The fourth-order valence-corrected chi connectivity index (χ4v) is 3.37. The highest BCUT2D eigenvalue weighted by Crippen LogP contribution is 2.40. The van der Waals surface area contributed by atoms with Gasteiger partial charge >= 0.3 is 0 Å². The van der Waals surface area contributed by atoms with E-state index < -0.39 is 0 Å². The van der Waals surface area contributed by atoms with Gasteiger partial charge in [-0.25, -0.2) is 0 Å². The number of aromatic nitrogens is 2. The first-order valence-corrected chi connectivity index (χ1v) is 9.74. The fourth-order valence-electron chi connectivity index (χ4n) is 3.37. The minimum Gasteiger partial charge on any atom is -0.497 e. The topological polar surface area (TPSA) is 77.7 Å². The van der Waals surface area contributed by atoms with Crippen molar-refractivity contribution in [1.82, 2.24) is 15.0 Å². The summed E-state index contributed by atoms with van der Waals surface area (Å²) in [5, 5.41) is 4.09. The van der Waals surface area contributed by atoms with Crippen molar-refractivity contribution in [2.45, 2.75) is 24.9 Å². The van der Waals surface area contributed by atoms with Crippen LogP contribution in [0.3, 0.4) is 0 Å². The summed E-state index contributed by atoms with van der Waals surface area (Å²) < 4.78 is 16.7. The first kappa shape index (κ1) is 17.7. The Hall–Kier alpha value is -3.35. The molecule has 1 saturated heterocycles. The van der Waals surface area contributed by atoms with Crippen LogP contribution in [0.5, 0.6) is 11.5 Å². The Morgan fingerprint density at radius 2 is 1.86 bits per heavy atom. The number of hydrogen-bond acceptors (Lipinski definition) is 6. The van der Waals surface area contributed by atoms with E-state index in [1.807, 2.05) is 24.3 Å². The van der Waals surface area contributed by atoms with Gasteiger partial charge in [-0.1, -0.05) is 17.3 Å². The van der Waals surface area contributed by atoms with Crippen LogP contribution in [0.4, 0.5) is 0 Å². The second kappa shape index (κ2) is 7.24. The van der Waals surface area contributed by atoms with Gasteiger partial charge in [-0.2, -0.15) is 4.98 Å². The van der Waals surface area contributed by atoms with Crippen molar-refractivity contribution in [3.05, 3.63) is 59.9 Å². The quantitative estimate of drug-likeness (QED) is 0.640. The van der Waals surface area contributed by atoms with E-state index >= 15 is 0 Å². The van der Waals surface area contributed by atoms with Crippen molar-refractivity contribution >= 4 is 5.91 Å². The number of likely N-dealkylation sites (tertiary alicyclic amines) is 1. The molecular formula is C22H21N3O4. The van der Waals surface area contributed by atoms with Crippen LogP contribution in [0.1, 0.15) is 34.9 Å². The summed E-state index contributed by atoms with van der Waals surface area (Å²) in [4.78, 5) is 18.9. The second-order valence-electron chi connectivity index (χ2n) is 7.41. The molecule has 5 rings (SSSR count). The SMILES string of the molecule is COc1ccc(C(=O)N2CC(Oc3ccccc3-c3nc(C4CC4)no3)C2)cc1. The first-order valence-electron chi connectivity index (χ1n) is 9.74. The number of carbonyl (C=O) groups is 1. The number of hydrogen-bond donors (Lipinski definition) is 0. The third kappa shape index (κ3) is 3.55. The number of carbonyl (C=O) groups excluding carboxylic acids is 1. The van der Waals surface area contributed by atoms with Gasteiger partial charge in [-0.05, 0) is 49.2 Å². The molecule has 2 fully saturated rings. The van der Waals surface area contributed by atoms with Crippen molar-refractivity contribution < 1.29 is 18.8 Å². The van der Waals surface area contributed by atoms with Gasteiger partial charge < -0.3 is 18.9 Å². The van der Waals surface area contributed by atoms with Crippen LogP contribution >= 0.6 is 0 Å². The Morgan fingerprint density at radius 3 is 2.59 bits per heavy atom. The van der Waals surface area contributed by atoms with Crippen molar-refractivity contribution in [2.24, 2.45) is 0 Å². The molecule has 148 valence electrons. The summed E-state index contributed by atoms with van der Waals surface area (Å²) in [5.74, 6) is 3.10. The third-order valence-corrected chi connectivity index (χ3v) is 5.27. The van der Waals surface area contributed by atoms with Gasteiger partial charge in [-0.3, -0.25) is 4.79 Å². The van der Waals surface area contributed by atoms with E-state index in [1.165, 1.54) is 0 Å². The largest absolute Gasteiger partial charge is 0.497 e. The highest BCUT2D eigenvalue weighted by atomic mass is 16.5. The zero-order chi connectivity index (χ0) is 19.8. The van der Waals surface area contributed by atoms with Crippen LogP contribution in [0.25, 0.3) is 11.5 Å². The summed E-state index contributed by atoms with van der Waals surface area (Å²) in [6.45, 7) is 1.08. The molecule has 0 atom stereocenters. The smallest absolute Gasteiger partial charge is 0.261 e. The van der Waals surface area contributed by atoms with E-state index in [-0.39, 0.29) is 12.0 Å². The average Bonchev–Trinajstić information content (AvgIpc) is 3.47. The summed E-state index contributed by atoms with van der Waals surface area (Å²) in [7, 11) is 1.60. The minimum atomic E-state index is -0.0656. The normalized spacial score (nSPS) is 16.4. The summed E-state index contributed by atoms with van der Waals surface area (Å²) >= 11 is 0. The predicted octanol–water partition coefficient (Wildman–Crippen LogP) is 3.53. The van der Waals surface area contributed by atoms with Crippen molar-refractivity contribution in [2.75, 3.05) is 20.2 Å². The molecule has 1 amide bonds. The van der Waals surface area contributed by atoms with Crippen LogP contribution < -0.4 is 9.47 Å². The first-order chi connectivity index (χ1) is 14.2. The second-order valence-corrected chi connectivity index (χ2v) is 7.41. The van der Waals surface area contributed by atoms with E-state index in [2.05, 4.69) is 10.1 Å². The molecule has 0 spiro atoms. The molecule has 3 aromatic rings. The van der Waals surface area contributed by atoms with Gasteiger partial charge in [0.25, 0.3) is 11.8 Å². The zero-order valence-electron chi connectivity index (χ0n) is 16.1. The predicted molar refractivity (Wildman–Crippen MR) is 105 cm³/mol. The van der Waals surface area contributed by atoms with Crippen LogP contribution in [0.15, 0.2) is 53.1 Å². The number of amides is 1. The van der Waals surface area contributed by atoms with Crippen LogP contribution in [0, 0.1) is 0 Å². The van der Waals surface area contributed by atoms with Crippen molar-refractivity contribution in [1.29, 1.82) is 0 Å². The number of benzene rings is 2. The lowest BCUT2D eigenvalue weighted by molar-refractivity contribution is 0.0179. The number of rotatable bonds is 6. The Bertz CT molecular complexity index is 1020. The summed E-state index contributed by atoms with van der Waals surface area (Å²) in [6.07, 6.45) is 2.18. The molecule has 2 aromatic carbocycles. The Morgan fingerprint density at radius 1 is 1.10 bits per heavy atom. The molecule has 0 N–H and O–H groups in total. The van der Waals surface area contributed by atoms with Gasteiger partial charge in [0.05, 0.1) is 25.8 Å². The molecule has 1 saturated carbocycles.